The molecule has 1 N–H and O–H groups in total. The molecule has 0 aromatic rings. The van der Waals surface area contributed by atoms with Crippen molar-refractivity contribution in [1.82, 2.24) is 0 Å². The van der Waals surface area contributed by atoms with Gasteiger partial charge < -0.3 is 5.11 Å². The first-order valence-corrected chi connectivity index (χ1v) is 5.66. The first-order valence-electron chi connectivity index (χ1n) is 3.62. The molecule has 0 aliphatic carbocycles. The Balaban J connectivity index is 2.89. The molecule has 10 heavy (non-hydrogen) atoms. The summed E-state index contributed by atoms with van der Waals surface area (Å²) in [6.45, 7) is 0.335. The van der Waals surface area contributed by atoms with Gasteiger partial charge in [0.05, 0.1) is 0 Å². The summed E-state index contributed by atoms with van der Waals surface area (Å²) >= 11 is 6.91. The third kappa shape index (κ3) is 7.03. The van der Waals surface area contributed by atoms with Crippen LogP contribution in [0.25, 0.3) is 0 Å². The summed E-state index contributed by atoms with van der Waals surface area (Å²) in [6.07, 6.45) is 4.50. The second-order valence-electron chi connectivity index (χ2n) is 2.32. The van der Waals surface area contributed by atoms with Crippen molar-refractivity contribution in [2.45, 2.75) is 30.5 Å². The molecule has 1 nitrogen and oxygen atoms in total. The summed E-state index contributed by atoms with van der Waals surface area (Å²) in [5.41, 5.74) is 0. The van der Waals surface area contributed by atoms with E-state index in [1.165, 1.54) is 12.8 Å². The molecule has 0 heterocycles. The quantitative estimate of drug-likeness (QED) is 0.583. The van der Waals surface area contributed by atoms with Gasteiger partial charge >= 0.3 is 0 Å². The van der Waals surface area contributed by atoms with Crippen LogP contribution >= 0.6 is 31.9 Å². The number of rotatable bonds is 6. The smallest absolute Gasteiger partial charge is 0.0431 e. The fourth-order valence-electron chi connectivity index (χ4n) is 0.732. The second-order valence-corrected chi connectivity index (χ2v) is 4.27. The Labute approximate surface area is 79.5 Å². The molecule has 0 rings (SSSR count). The summed E-state index contributed by atoms with van der Waals surface area (Å²) in [5.74, 6) is 0. The molecule has 0 radical (unpaired) electrons. The van der Waals surface area contributed by atoms with Crippen LogP contribution in [0.5, 0.6) is 0 Å². The van der Waals surface area contributed by atoms with Crippen molar-refractivity contribution in [3.63, 3.8) is 0 Å². The highest BCUT2D eigenvalue weighted by Gasteiger charge is 1.99. The molecular formula is C7H14Br2O. The number of aliphatic hydroxyl groups excluding tert-OH is 1. The van der Waals surface area contributed by atoms with Crippen LogP contribution in [0.1, 0.15) is 25.7 Å². The molecule has 0 aromatic carbocycles. The molecule has 1 unspecified atom stereocenters. The molecule has 0 aliphatic heterocycles. The van der Waals surface area contributed by atoms with Crippen molar-refractivity contribution >= 4 is 31.9 Å². The average molecular weight is 274 g/mol. The van der Waals surface area contributed by atoms with Gasteiger partial charge in [-0.1, -0.05) is 44.7 Å². The van der Waals surface area contributed by atoms with E-state index in [1.807, 2.05) is 0 Å². The molecule has 0 fully saturated rings. The Morgan fingerprint density at radius 2 is 1.90 bits per heavy atom. The molecular weight excluding hydrogens is 260 g/mol. The first-order chi connectivity index (χ1) is 4.81. The minimum absolute atomic E-state index is 0.335. The Kier molecular flexibility index (Phi) is 8.76. The molecule has 0 aliphatic rings. The van der Waals surface area contributed by atoms with Crippen LogP contribution in [-0.2, 0) is 0 Å². The van der Waals surface area contributed by atoms with Crippen LogP contribution in [0.2, 0.25) is 0 Å². The van der Waals surface area contributed by atoms with Crippen molar-refractivity contribution in [2.75, 3.05) is 11.9 Å². The van der Waals surface area contributed by atoms with Crippen LogP contribution in [0.4, 0.5) is 0 Å². The number of hydrogen-bond acceptors (Lipinski definition) is 1. The first kappa shape index (κ1) is 10.9. The minimum Gasteiger partial charge on any atom is -0.396 e. The van der Waals surface area contributed by atoms with Gasteiger partial charge in [0.2, 0.25) is 0 Å². The van der Waals surface area contributed by atoms with Crippen molar-refractivity contribution in [2.24, 2.45) is 0 Å². The summed E-state index contributed by atoms with van der Waals surface area (Å²) in [6, 6.07) is 0. The molecule has 1 atom stereocenters. The number of alkyl halides is 2. The van der Waals surface area contributed by atoms with E-state index in [0.717, 1.165) is 18.2 Å². The van der Waals surface area contributed by atoms with Crippen LogP contribution in [0, 0.1) is 0 Å². The fourth-order valence-corrected chi connectivity index (χ4v) is 1.38. The SMILES string of the molecule is OCCCCCC(Br)CBr. The number of halogens is 2. The van der Waals surface area contributed by atoms with Gasteiger partial charge in [0.25, 0.3) is 0 Å². The van der Waals surface area contributed by atoms with E-state index < -0.39 is 0 Å². The lowest BCUT2D eigenvalue weighted by Crippen LogP contribution is -1.98. The molecule has 3 heteroatoms. The largest absolute Gasteiger partial charge is 0.396 e. The minimum atomic E-state index is 0.335. The Morgan fingerprint density at radius 3 is 2.40 bits per heavy atom. The van der Waals surface area contributed by atoms with E-state index in [1.54, 1.807) is 0 Å². The predicted octanol–water partition coefficient (Wildman–Crippen LogP) is 2.70. The normalized spacial score (nSPS) is 13.5. The Bertz CT molecular complexity index is 68.6. The summed E-state index contributed by atoms with van der Waals surface area (Å²) in [5, 5.41) is 9.49. The molecule has 0 bridgehead atoms. The van der Waals surface area contributed by atoms with Gasteiger partial charge in [0, 0.05) is 16.8 Å². The second kappa shape index (κ2) is 8.02. The van der Waals surface area contributed by atoms with Gasteiger partial charge in [-0.05, 0) is 12.8 Å². The molecule has 62 valence electrons. The summed E-state index contributed by atoms with van der Waals surface area (Å²) in [4.78, 5) is 0.603. The van der Waals surface area contributed by atoms with Gasteiger partial charge in [0.1, 0.15) is 0 Å². The van der Waals surface area contributed by atoms with Gasteiger partial charge in [-0.2, -0.15) is 0 Å². The number of hydrogen-bond donors (Lipinski definition) is 1. The van der Waals surface area contributed by atoms with Gasteiger partial charge in [-0.25, -0.2) is 0 Å². The van der Waals surface area contributed by atoms with E-state index in [0.29, 0.717) is 11.4 Å². The zero-order valence-electron chi connectivity index (χ0n) is 6.02. The van der Waals surface area contributed by atoms with Crippen molar-refractivity contribution in [1.29, 1.82) is 0 Å². The van der Waals surface area contributed by atoms with E-state index >= 15 is 0 Å². The lowest BCUT2D eigenvalue weighted by molar-refractivity contribution is 0.282. The highest BCUT2D eigenvalue weighted by atomic mass is 79.9. The van der Waals surface area contributed by atoms with Crippen molar-refractivity contribution < 1.29 is 5.11 Å². The standard InChI is InChI=1S/C7H14Br2O/c8-6-7(9)4-2-1-3-5-10/h7,10H,1-6H2. The van der Waals surface area contributed by atoms with Crippen molar-refractivity contribution in [3.8, 4) is 0 Å². The lowest BCUT2D eigenvalue weighted by atomic mass is 10.2. The van der Waals surface area contributed by atoms with Gasteiger partial charge in [-0.3, -0.25) is 0 Å². The summed E-state index contributed by atoms with van der Waals surface area (Å²) in [7, 11) is 0. The lowest BCUT2D eigenvalue weighted by Gasteiger charge is -2.03. The molecule has 0 spiro atoms. The van der Waals surface area contributed by atoms with Crippen LogP contribution in [-0.4, -0.2) is 21.9 Å². The third-order valence-electron chi connectivity index (χ3n) is 1.34. The predicted molar refractivity (Wildman–Crippen MR) is 52.1 cm³/mol. The van der Waals surface area contributed by atoms with Crippen LogP contribution < -0.4 is 0 Å². The number of aliphatic hydroxyl groups is 1. The van der Waals surface area contributed by atoms with E-state index in [-0.39, 0.29) is 0 Å². The molecule has 0 amide bonds. The van der Waals surface area contributed by atoms with Crippen LogP contribution in [0.3, 0.4) is 0 Å². The van der Waals surface area contributed by atoms with E-state index in [2.05, 4.69) is 31.9 Å². The highest BCUT2D eigenvalue weighted by Crippen LogP contribution is 2.12. The monoisotopic (exact) mass is 272 g/mol. The van der Waals surface area contributed by atoms with E-state index in [9.17, 15) is 0 Å². The molecule has 0 saturated carbocycles. The zero-order valence-corrected chi connectivity index (χ0v) is 9.20. The number of unbranched alkanes of at least 4 members (excludes halogenated alkanes) is 2. The maximum Gasteiger partial charge on any atom is 0.0431 e. The van der Waals surface area contributed by atoms with Gasteiger partial charge in [-0.15, -0.1) is 0 Å². The Hall–Kier alpha value is 0.920. The maximum atomic E-state index is 8.47. The average Bonchev–Trinajstić information content (AvgIpc) is 1.98. The van der Waals surface area contributed by atoms with Crippen molar-refractivity contribution in [3.05, 3.63) is 0 Å². The highest BCUT2D eigenvalue weighted by molar-refractivity contribution is 9.12. The fraction of sp³-hybridized carbons (Fsp3) is 1.00. The van der Waals surface area contributed by atoms with Gasteiger partial charge in [0.15, 0.2) is 0 Å². The molecule has 0 saturated heterocycles. The third-order valence-corrected chi connectivity index (χ3v) is 3.77. The maximum absolute atomic E-state index is 8.47. The van der Waals surface area contributed by atoms with E-state index in [4.69, 9.17) is 5.11 Å². The molecule has 0 aromatic heterocycles. The topological polar surface area (TPSA) is 20.2 Å². The Morgan fingerprint density at radius 1 is 1.20 bits per heavy atom. The summed E-state index contributed by atoms with van der Waals surface area (Å²) < 4.78 is 0. The zero-order chi connectivity index (χ0) is 7.82. The van der Waals surface area contributed by atoms with Crippen LogP contribution in [0.15, 0.2) is 0 Å².